The highest BCUT2D eigenvalue weighted by Gasteiger charge is 2.52. The first-order valence-electron chi connectivity index (χ1n) is 12.9. The van der Waals surface area contributed by atoms with Gasteiger partial charge in [0.2, 0.25) is 5.91 Å². The fraction of sp³-hybridized carbons (Fsp3) is 0.286. The molecule has 0 bridgehead atoms. The lowest BCUT2D eigenvalue weighted by molar-refractivity contribution is -0.155. The third-order valence-electron chi connectivity index (χ3n) is 7.33. The van der Waals surface area contributed by atoms with E-state index in [1.165, 1.54) is 18.2 Å². The maximum absolute atomic E-state index is 14.3. The summed E-state index contributed by atoms with van der Waals surface area (Å²) < 4.78 is 119. The van der Waals surface area contributed by atoms with E-state index >= 15 is 0 Å². The molecule has 9 nitrogen and oxygen atoms in total. The monoisotopic (exact) mass is 644 g/mol. The zero-order valence-electron chi connectivity index (χ0n) is 22.3. The lowest BCUT2D eigenvalue weighted by Crippen LogP contribution is -2.49. The van der Waals surface area contributed by atoms with E-state index in [0.29, 0.717) is 22.5 Å². The molecule has 44 heavy (non-hydrogen) atoms. The average Bonchev–Trinajstić information content (AvgIpc) is 3.32. The summed E-state index contributed by atoms with van der Waals surface area (Å²) >= 11 is 0. The largest absolute Gasteiger partial charge is 0.486 e. The number of carboxylic acid groups (broad SMARTS) is 1. The Hall–Kier alpha value is -4.47. The fourth-order valence-corrected chi connectivity index (χ4v) is 6.78. The van der Waals surface area contributed by atoms with Crippen molar-refractivity contribution >= 4 is 27.6 Å². The molecule has 1 amide bonds. The lowest BCUT2D eigenvalue weighted by atomic mass is 9.80. The molecule has 2 heterocycles. The quantitative estimate of drug-likeness (QED) is 0.260. The number of benzene rings is 3. The Labute approximate surface area is 246 Å². The summed E-state index contributed by atoms with van der Waals surface area (Å²) in [4.78, 5) is 24.0. The van der Waals surface area contributed by atoms with Gasteiger partial charge in [-0.15, -0.1) is 0 Å². The van der Waals surface area contributed by atoms with Crippen molar-refractivity contribution in [1.29, 1.82) is 0 Å². The number of aliphatic carboxylic acids is 1. The number of rotatable bonds is 8. The van der Waals surface area contributed by atoms with Gasteiger partial charge in [0.1, 0.15) is 23.4 Å². The molecule has 0 aromatic heterocycles. The highest BCUT2D eigenvalue weighted by atomic mass is 32.2. The predicted octanol–water partition coefficient (Wildman–Crippen LogP) is 5.05. The number of nitrogens with one attached hydrogen (secondary N) is 1. The summed E-state index contributed by atoms with van der Waals surface area (Å²) in [6.45, 7) is -3.82. The number of hydrogen-bond acceptors (Lipinski definition) is 6. The number of hydrogen-bond donors (Lipinski definition) is 2. The van der Waals surface area contributed by atoms with Crippen molar-refractivity contribution in [3.8, 4) is 22.6 Å². The van der Waals surface area contributed by atoms with Crippen LogP contribution in [-0.4, -0.2) is 51.2 Å². The van der Waals surface area contributed by atoms with E-state index < -0.39 is 81.2 Å². The van der Waals surface area contributed by atoms with Gasteiger partial charge in [0.15, 0.2) is 5.41 Å². The smallest absolute Gasteiger partial charge is 0.416 e. The summed E-state index contributed by atoms with van der Waals surface area (Å²) in [7, 11) is -4.80. The van der Waals surface area contributed by atoms with Crippen molar-refractivity contribution in [1.82, 2.24) is 5.32 Å². The topological polar surface area (TPSA) is 122 Å². The van der Waals surface area contributed by atoms with E-state index in [0.717, 1.165) is 24.3 Å². The number of carbonyl (C=O) groups is 2. The van der Waals surface area contributed by atoms with Crippen LogP contribution in [0.2, 0.25) is 0 Å². The number of nitrogens with zero attached hydrogens (tertiary/aromatic N) is 1. The summed E-state index contributed by atoms with van der Waals surface area (Å²) in [6, 6.07) is 9.53. The molecule has 3 aromatic carbocycles. The van der Waals surface area contributed by atoms with Crippen LogP contribution in [0, 0.1) is 11.2 Å². The van der Waals surface area contributed by atoms with Gasteiger partial charge in [0.05, 0.1) is 22.7 Å². The van der Waals surface area contributed by atoms with Gasteiger partial charge in [0, 0.05) is 19.0 Å². The summed E-state index contributed by atoms with van der Waals surface area (Å²) in [6.07, 6.45) is -6.70. The van der Waals surface area contributed by atoms with Crippen molar-refractivity contribution in [3.05, 3.63) is 72.0 Å². The van der Waals surface area contributed by atoms with Gasteiger partial charge in [-0.2, -0.15) is 22.0 Å². The van der Waals surface area contributed by atoms with Crippen LogP contribution in [0.4, 0.5) is 32.0 Å². The standard InChI is InChI=1S/C28H22F6N2O7S/c29-18-8-16(9-19(12-18)43-26(30)31)15-4-5-23-22(10-15)36(44(40,41)21-3-1-2-17(11-21)28(32,33)34)14-20(42-23)13-27(25(38)39)6-7-35-24(27)37/h1-5,8-12,20,26H,6-7,13-14H2,(H,35,37)(H,38,39)/t20?,27-/m1/s1. The molecule has 3 aromatic rings. The van der Waals surface area contributed by atoms with Crippen molar-refractivity contribution in [3.63, 3.8) is 0 Å². The van der Waals surface area contributed by atoms with Gasteiger partial charge in [-0.05, 0) is 60.0 Å². The molecule has 0 saturated carbocycles. The van der Waals surface area contributed by atoms with Gasteiger partial charge in [-0.25, -0.2) is 12.8 Å². The van der Waals surface area contributed by atoms with E-state index in [1.54, 1.807) is 0 Å². The highest BCUT2D eigenvalue weighted by Crippen LogP contribution is 2.44. The molecule has 1 unspecified atom stereocenters. The fourth-order valence-electron chi connectivity index (χ4n) is 5.23. The first-order chi connectivity index (χ1) is 20.6. The number of sulfonamides is 1. The number of carboxylic acids is 1. The Balaban J connectivity index is 1.62. The van der Waals surface area contributed by atoms with E-state index in [4.69, 9.17) is 4.74 Å². The van der Waals surface area contributed by atoms with E-state index in [-0.39, 0.29) is 35.5 Å². The highest BCUT2D eigenvalue weighted by molar-refractivity contribution is 7.92. The van der Waals surface area contributed by atoms with Crippen LogP contribution < -0.4 is 19.1 Å². The zero-order chi connectivity index (χ0) is 32.0. The summed E-state index contributed by atoms with van der Waals surface area (Å²) in [5.74, 6) is -3.87. The van der Waals surface area contributed by atoms with Crippen LogP contribution in [0.1, 0.15) is 18.4 Å². The van der Waals surface area contributed by atoms with E-state index in [1.807, 2.05) is 0 Å². The van der Waals surface area contributed by atoms with Crippen molar-refractivity contribution < 1.29 is 58.9 Å². The molecule has 5 rings (SSSR count). The second kappa shape index (κ2) is 11.2. The number of ether oxygens (including phenoxy) is 2. The molecule has 0 aliphatic carbocycles. The van der Waals surface area contributed by atoms with Crippen LogP contribution in [0.3, 0.4) is 0 Å². The molecule has 1 saturated heterocycles. The molecule has 2 aliphatic rings. The maximum atomic E-state index is 14.3. The third kappa shape index (κ3) is 5.85. The molecular formula is C28H22F6N2O7S. The lowest BCUT2D eigenvalue weighted by Gasteiger charge is -2.38. The van der Waals surface area contributed by atoms with Crippen LogP contribution in [0.5, 0.6) is 11.5 Å². The Bertz CT molecular complexity index is 1730. The van der Waals surface area contributed by atoms with Crippen LogP contribution >= 0.6 is 0 Å². The van der Waals surface area contributed by atoms with Crippen molar-refractivity contribution in [2.75, 3.05) is 17.4 Å². The first-order valence-corrected chi connectivity index (χ1v) is 14.3. The molecule has 2 aliphatic heterocycles. The number of anilines is 1. The molecule has 0 spiro atoms. The Morgan fingerprint density at radius 3 is 2.50 bits per heavy atom. The molecule has 0 radical (unpaired) electrons. The second-order valence-corrected chi connectivity index (χ2v) is 12.0. The number of carbonyl (C=O) groups excluding carboxylic acids is 1. The molecular weight excluding hydrogens is 622 g/mol. The molecule has 16 heteroatoms. The van der Waals surface area contributed by atoms with Crippen LogP contribution in [-0.2, 0) is 25.8 Å². The zero-order valence-corrected chi connectivity index (χ0v) is 23.1. The molecule has 234 valence electrons. The summed E-state index contributed by atoms with van der Waals surface area (Å²) in [5, 5.41) is 12.3. The minimum Gasteiger partial charge on any atom is -0.486 e. The van der Waals surface area contributed by atoms with Crippen LogP contribution in [0.15, 0.2) is 65.6 Å². The van der Waals surface area contributed by atoms with Gasteiger partial charge >= 0.3 is 18.8 Å². The minimum atomic E-state index is -4.87. The molecule has 2 atom stereocenters. The predicted molar refractivity (Wildman–Crippen MR) is 141 cm³/mol. The minimum absolute atomic E-state index is 0.00514. The molecule has 1 fully saturated rings. The SMILES string of the molecule is O=C(O)[C@@]1(CC2CN(S(=O)(=O)c3cccc(C(F)(F)F)c3)c3cc(-c4cc(F)cc(OC(F)F)c4)ccc3O2)CCNC1=O. The first kappa shape index (κ1) is 31.0. The van der Waals surface area contributed by atoms with E-state index in [2.05, 4.69) is 10.1 Å². The van der Waals surface area contributed by atoms with Gasteiger partial charge in [-0.1, -0.05) is 12.1 Å². The third-order valence-corrected chi connectivity index (χ3v) is 9.10. The Morgan fingerprint density at radius 1 is 1.11 bits per heavy atom. The Kier molecular flexibility index (Phi) is 7.90. The number of fused-ring (bicyclic) bond motifs is 1. The molecule has 2 N–H and O–H groups in total. The van der Waals surface area contributed by atoms with Gasteiger partial charge < -0.3 is 19.9 Å². The number of halogens is 6. The average molecular weight is 645 g/mol. The Morgan fingerprint density at radius 2 is 1.86 bits per heavy atom. The normalized spacial score (nSPS) is 20.2. The maximum Gasteiger partial charge on any atom is 0.416 e. The van der Waals surface area contributed by atoms with Crippen LogP contribution in [0.25, 0.3) is 11.1 Å². The van der Waals surface area contributed by atoms with Gasteiger partial charge in [0.25, 0.3) is 10.0 Å². The van der Waals surface area contributed by atoms with Crippen molar-refractivity contribution in [2.24, 2.45) is 5.41 Å². The second-order valence-electron chi connectivity index (χ2n) is 10.1. The number of amides is 1. The van der Waals surface area contributed by atoms with Crippen molar-refractivity contribution in [2.45, 2.75) is 36.6 Å². The summed E-state index contributed by atoms with van der Waals surface area (Å²) in [5.41, 5.74) is -3.30. The van der Waals surface area contributed by atoms with Gasteiger partial charge in [-0.3, -0.25) is 13.9 Å². The number of alkyl halides is 5. The van der Waals surface area contributed by atoms with E-state index in [9.17, 15) is 49.5 Å².